The number of nitrogens with zero attached hydrogens (tertiary/aromatic N) is 6. The van der Waals surface area contributed by atoms with Crippen molar-refractivity contribution < 1.29 is 28.7 Å². The standard InChI is InChI=1S/C13H25N3O3.C9H18N2O2.C8H17N3O/c1-13(2,3)19-12(18)16-8-6-15(7-9-16)10-11(17)14(4)5;1-9(2,3)13-8(12)11-6-4-10-5-7-11;1-10(2)8(12)7-11-5-3-9-4-6-11/h6-10H2,1-5H3;10H,4-7H2,1-3H3;9H,3-7H2,1-2H3. The van der Waals surface area contributed by atoms with Crippen LogP contribution in [0.4, 0.5) is 9.59 Å². The Labute approximate surface area is 265 Å². The third kappa shape index (κ3) is 17.6. The molecule has 14 nitrogen and oxygen atoms in total. The van der Waals surface area contributed by atoms with Gasteiger partial charge in [-0.25, -0.2) is 9.59 Å². The van der Waals surface area contributed by atoms with E-state index in [1.54, 1.807) is 47.8 Å². The highest BCUT2D eigenvalue weighted by atomic mass is 16.6. The summed E-state index contributed by atoms with van der Waals surface area (Å²) in [5.41, 5.74) is -0.850. The van der Waals surface area contributed by atoms with E-state index in [2.05, 4.69) is 20.4 Å². The number of piperazine rings is 3. The summed E-state index contributed by atoms with van der Waals surface area (Å²) in [5, 5.41) is 6.43. The maximum Gasteiger partial charge on any atom is 0.410 e. The van der Waals surface area contributed by atoms with Crippen LogP contribution in [0.15, 0.2) is 0 Å². The number of hydrogen-bond donors (Lipinski definition) is 2. The van der Waals surface area contributed by atoms with Crippen LogP contribution in [-0.2, 0) is 19.1 Å². The van der Waals surface area contributed by atoms with Gasteiger partial charge in [0.25, 0.3) is 0 Å². The van der Waals surface area contributed by atoms with Gasteiger partial charge in [-0.05, 0) is 41.5 Å². The van der Waals surface area contributed by atoms with E-state index in [1.165, 1.54) is 0 Å². The molecule has 3 fully saturated rings. The highest BCUT2D eigenvalue weighted by Gasteiger charge is 2.27. The molecule has 256 valence electrons. The molecular formula is C30H60N8O6. The second-order valence-electron chi connectivity index (χ2n) is 13.6. The molecule has 0 bridgehead atoms. The molecule has 2 N–H and O–H groups in total. The summed E-state index contributed by atoms with van der Waals surface area (Å²) in [6.07, 6.45) is -0.472. The highest BCUT2D eigenvalue weighted by Crippen LogP contribution is 2.12. The van der Waals surface area contributed by atoms with Crippen molar-refractivity contribution in [3.63, 3.8) is 0 Å². The van der Waals surface area contributed by atoms with Crippen LogP contribution >= 0.6 is 0 Å². The maximum atomic E-state index is 11.9. The molecule has 0 radical (unpaired) electrons. The van der Waals surface area contributed by atoms with E-state index in [0.717, 1.165) is 52.4 Å². The molecule has 4 amide bonds. The molecular weight excluding hydrogens is 568 g/mol. The molecule has 0 spiro atoms. The number of carbonyl (C=O) groups is 4. The lowest BCUT2D eigenvalue weighted by Crippen LogP contribution is -2.51. The lowest BCUT2D eigenvalue weighted by Gasteiger charge is -2.35. The summed E-state index contributed by atoms with van der Waals surface area (Å²) in [6, 6.07) is 0. The van der Waals surface area contributed by atoms with Crippen LogP contribution in [0, 0.1) is 0 Å². The van der Waals surface area contributed by atoms with Gasteiger partial charge in [0.15, 0.2) is 0 Å². The van der Waals surface area contributed by atoms with Gasteiger partial charge in [0, 0.05) is 107 Å². The molecule has 0 saturated carbocycles. The minimum absolute atomic E-state index is 0.0886. The van der Waals surface area contributed by atoms with E-state index in [1.807, 2.05) is 41.5 Å². The number of nitrogens with one attached hydrogen (secondary N) is 2. The zero-order valence-corrected chi connectivity index (χ0v) is 29.0. The van der Waals surface area contributed by atoms with Crippen molar-refractivity contribution >= 4 is 24.0 Å². The van der Waals surface area contributed by atoms with E-state index < -0.39 is 5.60 Å². The molecule has 0 unspecified atom stereocenters. The Bertz CT molecular complexity index is 883. The van der Waals surface area contributed by atoms with Crippen LogP contribution in [-0.4, -0.2) is 184 Å². The van der Waals surface area contributed by atoms with Gasteiger partial charge in [-0.15, -0.1) is 0 Å². The van der Waals surface area contributed by atoms with E-state index >= 15 is 0 Å². The van der Waals surface area contributed by atoms with Gasteiger partial charge in [0.1, 0.15) is 11.2 Å². The monoisotopic (exact) mass is 628 g/mol. The Hall–Kier alpha value is -2.68. The first-order chi connectivity index (χ1) is 20.4. The van der Waals surface area contributed by atoms with Gasteiger partial charge < -0.3 is 39.7 Å². The maximum absolute atomic E-state index is 11.9. The summed E-state index contributed by atoms with van der Waals surface area (Å²) < 4.78 is 10.6. The molecule has 3 heterocycles. The third-order valence-corrected chi connectivity index (χ3v) is 6.72. The van der Waals surface area contributed by atoms with Crippen molar-refractivity contribution in [1.29, 1.82) is 0 Å². The zero-order valence-electron chi connectivity index (χ0n) is 29.0. The van der Waals surface area contributed by atoms with E-state index in [0.29, 0.717) is 39.3 Å². The van der Waals surface area contributed by atoms with Crippen molar-refractivity contribution in [2.45, 2.75) is 52.7 Å². The molecule has 0 aromatic carbocycles. The summed E-state index contributed by atoms with van der Waals surface area (Å²) in [5.74, 6) is 0.280. The van der Waals surface area contributed by atoms with Crippen LogP contribution in [0.5, 0.6) is 0 Å². The average Bonchev–Trinajstić information content (AvgIpc) is 2.93. The quantitative estimate of drug-likeness (QED) is 0.452. The molecule has 3 rings (SSSR count). The van der Waals surface area contributed by atoms with E-state index in [4.69, 9.17) is 9.47 Å². The molecule has 0 aliphatic carbocycles. The van der Waals surface area contributed by atoms with Crippen LogP contribution < -0.4 is 10.6 Å². The Morgan fingerprint density at radius 1 is 0.545 bits per heavy atom. The lowest BCUT2D eigenvalue weighted by molar-refractivity contribution is -0.130. The Kier molecular flexibility index (Phi) is 17.0. The SMILES string of the molecule is CC(C)(C)OC(=O)N1CCNCC1.CN(C)C(=O)CN1CCN(C(=O)OC(C)(C)C)CC1.CN(C)C(=O)CN1CCNCC1. The number of rotatable bonds is 4. The summed E-state index contributed by atoms with van der Waals surface area (Å²) >= 11 is 0. The topological polar surface area (TPSA) is 130 Å². The number of likely N-dealkylation sites (N-methyl/N-ethyl adjacent to an activating group) is 2. The first-order valence-electron chi connectivity index (χ1n) is 15.6. The first-order valence-corrected chi connectivity index (χ1v) is 15.6. The Balaban J connectivity index is 0.000000342. The predicted molar refractivity (Wildman–Crippen MR) is 172 cm³/mol. The van der Waals surface area contributed by atoms with Gasteiger partial charge >= 0.3 is 12.2 Å². The average molecular weight is 629 g/mol. The number of ether oxygens (including phenoxy) is 2. The van der Waals surface area contributed by atoms with Crippen molar-refractivity contribution in [3.05, 3.63) is 0 Å². The van der Waals surface area contributed by atoms with Crippen LogP contribution in [0.3, 0.4) is 0 Å². The minimum atomic E-state index is -0.463. The van der Waals surface area contributed by atoms with Gasteiger partial charge in [0.05, 0.1) is 13.1 Å². The second-order valence-corrected chi connectivity index (χ2v) is 13.6. The Morgan fingerprint density at radius 3 is 1.20 bits per heavy atom. The predicted octanol–water partition coefficient (Wildman–Crippen LogP) is 0.434. The minimum Gasteiger partial charge on any atom is -0.444 e. The zero-order chi connectivity index (χ0) is 33.5. The number of amides is 4. The fourth-order valence-electron chi connectivity index (χ4n) is 4.12. The first kappa shape index (κ1) is 39.3. The van der Waals surface area contributed by atoms with Crippen LogP contribution in [0.25, 0.3) is 0 Å². The van der Waals surface area contributed by atoms with Gasteiger partial charge in [-0.1, -0.05) is 0 Å². The normalized spacial score (nSPS) is 18.1. The molecule has 44 heavy (non-hydrogen) atoms. The molecule has 0 aromatic heterocycles. The van der Waals surface area contributed by atoms with Crippen molar-refractivity contribution in [1.82, 2.24) is 40.0 Å². The van der Waals surface area contributed by atoms with Crippen molar-refractivity contribution in [3.8, 4) is 0 Å². The van der Waals surface area contributed by atoms with Crippen molar-refractivity contribution in [2.24, 2.45) is 0 Å². The van der Waals surface area contributed by atoms with Gasteiger partial charge in [-0.2, -0.15) is 0 Å². The largest absolute Gasteiger partial charge is 0.444 e. The summed E-state index contributed by atoms with van der Waals surface area (Å²) in [4.78, 5) is 57.1. The Morgan fingerprint density at radius 2 is 0.864 bits per heavy atom. The smallest absolute Gasteiger partial charge is 0.410 e. The highest BCUT2D eigenvalue weighted by molar-refractivity contribution is 5.78. The molecule has 3 aliphatic heterocycles. The van der Waals surface area contributed by atoms with Crippen LogP contribution in [0.1, 0.15) is 41.5 Å². The third-order valence-electron chi connectivity index (χ3n) is 6.72. The molecule has 0 atom stereocenters. The van der Waals surface area contributed by atoms with Gasteiger partial charge in [0.2, 0.25) is 11.8 Å². The number of hydrogen-bond acceptors (Lipinski definition) is 10. The van der Waals surface area contributed by atoms with E-state index in [9.17, 15) is 19.2 Å². The fourth-order valence-corrected chi connectivity index (χ4v) is 4.12. The molecule has 0 aromatic rings. The van der Waals surface area contributed by atoms with Crippen LogP contribution in [0.2, 0.25) is 0 Å². The molecule has 14 heteroatoms. The fraction of sp³-hybridized carbons (Fsp3) is 0.867. The molecule has 3 aliphatic rings. The lowest BCUT2D eigenvalue weighted by atomic mass is 10.2. The van der Waals surface area contributed by atoms with Crippen molar-refractivity contribution in [2.75, 3.05) is 120 Å². The summed E-state index contributed by atoms with van der Waals surface area (Å²) in [7, 11) is 7.09. The van der Waals surface area contributed by atoms with E-state index in [-0.39, 0.29) is 29.6 Å². The second kappa shape index (κ2) is 19.0. The molecule has 3 saturated heterocycles. The number of carbonyl (C=O) groups excluding carboxylic acids is 4. The summed E-state index contributed by atoms with van der Waals surface area (Å²) in [6.45, 7) is 22.0. The van der Waals surface area contributed by atoms with Gasteiger partial charge in [-0.3, -0.25) is 19.4 Å².